The van der Waals surface area contributed by atoms with Crippen LogP contribution in [-0.4, -0.2) is 27.1 Å². The second-order valence-corrected chi connectivity index (χ2v) is 11.3. The van der Waals surface area contributed by atoms with Crippen LogP contribution in [0.2, 0.25) is 5.02 Å². The zero-order chi connectivity index (χ0) is 27.5. The number of aromatic nitrogens is 1. The van der Waals surface area contributed by atoms with Gasteiger partial charge in [0, 0.05) is 40.8 Å². The molecule has 4 nitrogen and oxygen atoms in total. The van der Waals surface area contributed by atoms with Gasteiger partial charge in [-0.1, -0.05) is 90.0 Å². The van der Waals surface area contributed by atoms with Gasteiger partial charge in [-0.25, -0.2) is 4.99 Å². The third kappa shape index (κ3) is 5.76. The molecular formula is C34H28ClN3OS. The first-order valence-electron chi connectivity index (χ1n) is 13.3. The molecule has 1 aliphatic rings. The molecule has 0 N–H and O–H groups in total. The zero-order valence-corrected chi connectivity index (χ0v) is 23.7. The van der Waals surface area contributed by atoms with Gasteiger partial charge in [-0.15, -0.1) is 0 Å². The van der Waals surface area contributed by atoms with Gasteiger partial charge in [-0.3, -0.25) is 9.69 Å². The largest absolute Gasteiger partial charge is 0.342 e. The molecule has 6 heteroatoms. The summed E-state index contributed by atoms with van der Waals surface area (Å²) in [5.41, 5.74) is 6.50. The highest BCUT2D eigenvalue weighted by Crippen LogP contribution is 2.36. The average Bonchev–Trinajstić information content (AvgIpc) is 3.47. The van der Waals surface area contributed by atoms with E-state index in [0.717, 1.165) is 39.2 Å². The quantitative estimate of drug-likeness (QED) is 0.187. The maximum atomic E-state index is 13.8. The Morgan fingerprint density at radius 2 is 1.57 bits per heavy atom. The standard InChI is InChI=1S/C34H28ClN3OS/c1-24-11-17-29(18-12-24)36-34-38(20-19-25-7-3-2-4-8-25)33(39)32(40-34)21-27-23-37(31-10-6-5-9-30(27)31)22-26-13-15-28(35)16-14-26/h2-18,21,23H,19-20,22H2,1H3/b32-21+,36-34?. The maximum absolute atomic E-state index is 13.8. The summed E-state index contributed by atoms with van der Waals surface area (Å²) in [6.07, 6.45) is 4.90. The Morgan fingerprint density at radius 1 is 0.850 bits per heavy atom. The Bertz CT molecular complexity index is 1720. The Morgan fingerprint density at radius 3 is 2.35 bits per heavy atom. The Labute approximate surface area is 243 Å². The molecule has 0 radical (unpaired) electrons. The van der Waals surface area contributed by atoms with Crippen molar-refractivity contribution in [2.75, 3.05) is 6.54 Å². The third-order valence-electron chi connectivity index (χ3n) is 6.99. The smallest absolute Gasteiger partial charge is 0.266 e. The number of benzene rings is 4. The third-order valence-corrected chi connectivity index (χ3v) is 8.24. The Hall–Kier alpha value is -4.06. The van der Waals surface area contributed by atoms with Crippen LogP contribution in [0.5, 0.6) is 0 Å². The number of para-hydroxylation sites is 1. The number of amides is 1. The number of thioether (sulfide) groups is 1. The van der Waals surface area contributed by atoms with Crippen LogP contribution in [0.15, 0.2) is 119 Å². The van der Waals surface area contributed by atoms with Gasteiger partial charge in [0.2, 0.25) is 0 Å². The predicted molar refractivity (Wildman–Crippen MR) is 168 cm³/mol. The lowest BCUT2D eigenvalue weighted by Gasteiger charge is -2.15. The van der Waals surface area contributed by atoms with Gasteiger partial charge < -0.3 is 4.57 Å². The minimum Gasteiger partial charge on any atom is -0.342 e. The van der Waals surface area contributed by atoms with Crippen molar-refractivity contribution in [1.29, 1.82) is 0 Å². The highest BCUT2D eigenvalue weighted by molar-refractivity contribution is 8.18. The van der Waals surface area contributed by atoms with E-state index in [1.807, 2.05) is 89.8 Å². The molecule has 5 aromatic rings. The van der Waals surface area contributed by atoms with Crippen LogP contribution in [0.1, 0.15) is 22.3 Å². The van der Waals surface area contributed by atoms with Crippen LogP contribution in [0, 0.1) is 6.92 Å². The molecule has 0 bridgehead atoms. The number of carbonyl (C=O) groups excluding carboxylic acids is 1. The number of rotatable bonds is 7. The molecule has 1 aromatic heterocycles. The number of carbonyl (C=O) groups is 1. The number of aryl methyl sites for hydroxylation is 1. The minimum atomic E-state index is -0.0127. The number of halogens is 1. The molecule has 0 aliphatic carbocycles. The lowest BCUT2D eigenvalue weighted by molar-refractivity contribution is -0.122. The second-order valence-electron chi connectivity index (χ2n) is 9.89. The fraction of sp³-hybridized carbons (Fsp3) is 0.118. The van der Waals surface area contributed by atoms with Gasteiger partial charge in [-0.2, -0.15) is 0 Å². The van der Waals surface area contributed by atoms with E-state index in [2.05, 4.69) is 42.0 Å². The van der Waals surface area contributed by atoms with E-state index < -0.39 is 0 Å². The van der Waals surface area contributed by atoms with Crippen molar-refractivity contribution in [3.8, 4) is 0 Å². The molecule has 1 fully saturated rings. The van der Waals surface area contributed by atoms with Gasteiger partial charge in [0.15, 0.2) is 5.17 Å². The summed E-state index contributed by atoms with van der Waals surface area (Å²) >= 11 is 7.54. The molecule has 40 heavy (non-hydrogen) atoms. The van der Waals surface area contributed by atoms with Crippen molar-refractivity contribution in [2.24, 2.45) is 4.99 Å². The molecule has 6 rings (SSSR count). The van der Waals surface area contributed by atoms with E-state index in [9.17, 15) is 4.79 Å². The first-order chi connectivity index (χ1) is 19.5. The van der Waals surface area contributed by atoms with Gasteiger partial charge in [0.05, 0.1) is 10.6 Å². The highest BCUT2D eigenvalue weighted by Gasteiger charge is 2.33. The van der Waals surface area contributed by atoms with Crippen LogP contribution in [0.3, 0.4) is 0 Å². The van der Waals surface area contributed by atoms with E-state index in [-0.39, 0.29) is 5.91 Å². The Balaban J connectivity index is 1.34. The second kappa shape index (κ2) is 11.6. The molecule has 4 aromatic carbocycles. The number of amidine groups is 1. The molecule has 1 amide bonds. The van der Waals surface area contributed by atoms with E-state index >= 15 is 0 Å². The lowest BCUT2D eigenvalue weighted by Crippen LogP contribution is -2.31. The summed E-state index contributed by atoms with van der Waals surface area (Å²) in [7, 11) is 0. The molecule has 0 atom stereocenters. The molecule has 0 unspecified atom stereocenters. The van der Waals surface area contributed by atoms with Gasteiger partial charge in [-0.05, 0) is 72.6 Å². The van der Waals surface area contributed by atoms with Crippen LogP contribution >= 0.6 is 23.4 Å². The summed E-state index contributed by atoms with van der Waals surface area (Å²) in [4.78, 5) is 21.2. The fourth-order valence-electron chi connectivity index (χ4n) is 4.85. The van der Waals surface area contributed by atoms with Crippen LogP contribution in [-0.2, 0) is 17.8 Å². The molecular weight excluding hydrogens is 534 g/mol. The Kier molecular flexibility index (Phi) is 7.58. The monoisotopic (exact) mass is 561 g/mol. The van der Waals surface area contributed by atoms with Crippen molar-refractivity contribution >= 4 is 57.1 Å². The van der Waals surface area contributed by atoms with E-state index in [1.54, 1.807) is 0 Å². The number of fused-ring (bicyclic) bond motifs is 1. The van der Waals surface area contributed by atoms with E-state index in [4.69, 9.17) is 16.6 Å². The first-order valence-corrected chi connectivity index (χ1v) is 14.5. The van der Waals surface area contributed by atoms with E-state index in [1.165, 1.54) is 22.9 Å². The topological polar surface area (TPSA) is 37.6 Å². The SMILES string of the molecule is Cc1ccc(N=C2S/C(=C/c3cn(Cc4ccc(Cl)cc4)c4ccccc34)C(=O)N2CCc2ccccc2)cc1. The number of hydrogen-bond acceptors (Lipinski definition) is 3. The summed E-state index contributed by atoms with van der Waals surface area (Å²) in [5, 5.41) is 2.54. The zero-order valence-electron chi connectivity index (χ0n) is 22.1. The van der Waals surface area contributed by atoms with Crippen LogP contribution in [0.4, 0.5) is 5.69 Å². The van der Waals surface area contributed by atoms with Crippen LogP contribution in [0.25, 0.3) is 17.0 Å². The number of nitrogens with zero attached hydrogens (tertiary/aromatic N) is 3. The molecule has 0 spiro atoms. The first kappa shape index (κ1) is 26.2. The van der Waals surface area contributed by atoms with Gasteiger partial charge in [0.1, 0.15) is 0 Å². The number of aliphatic imine (C=N–C) groups is 1. The van der Waals surface area contributed by atoms with Crippen molar-refractivity contribution in [3.63, 3.8) is 0 Å². The van der Waals surface area contributed by atoms with Crippen molar-refractivity contribution < 1.29 is 4.79 Å². The summed E-state index contributed by atoms with van der Waals surface area (Å²) in [5.74, 6) is -0.0127. The molecule has 2 heterocycles. The molecule has 198 valence electrons. The van der Waals surface area contributed by atoms with Crippen LogP contribution < -0.4 is 0 Å². The van der Waals surface area contributed by atoms with Crippen molar-refractivity contribution in [2.45, 2.75) is 19.9 Å². The molecule has 1 saturated heterocycles. The fourth-order valence-corrected chi connectivity index (χ4v) is 5.99. The summed E-state index contributed by atoms with van der Waals surface area (Å²) in [6, 6.07) is 34.6. The summed E-state index contributed by atoms with van der Waals surface area (Å²) < 4.78 is 2.23. The van der Waals surface area contributed by atoms with Gasteiger partial charge in [0.25, 0.3) is 5.91 Å². The van der Waals surface area contributed by atoms with E-state index in [0.29, 0.717) is 23.2 Å². The van der Waals surface area contributed by atoms with Gasteiger partial charge >= 0.3 is 0 Å². The lowest BCUT2D eigenvalue weighted by atomic mass is 10.1. The molecule has 1 aliphatic heterocycles. The van der Waals surface area contributed by atoms with Crippen molar-refractivity contribution in [3.05, 3.63) is 142 Å². The predicted octanol–water partition coefficient (Wildman–Crippen LogP) is 8.50. The maximum Gasteiger partial charge on any atom is 0.266 e. The minimum absolute atomic E-state index is 0.0127. The summed E-state index contributed by atoms with van der Waals surface area (Å²) in [6.45, 7) is 3.34. The highest BCUT2D eigenvalue weighted by atomic mass is 35.5. The number of hydrogen-bond donors (Lipinski definition) is 0. The average molecular weight is 562 g/mol. The van der Waals surface area contributed by atoms with Crippen molar-refractivity contribution in [1.82, 2.24) is 9.47 Å². The molecule has 0 saturated carbocycles. The normalized spacial score (nSPS) is 15.6.